The van der Waals surface area contributed by atoms with Gasteiger partial charge in [-0.2, -0.15) is 0 Å². The average molecular weight is 1090 g/mol. The molecular formula is C49H70AlFN10O15. The number of aryl methyl sites for hydroxylation is 1. The van der Waals surface area contributed by atoms with Gasteiger partial charge in [0, 0.05) is 71.6 Å². The number of hydrogen-bond donors (Lipinski definition) is 7. The molecule has 0 saturated carbocycles. The first-order valence-corrected chi connectivity index (χ1v) is 27.6. The molecule has 76 heavy (non-hydrogen) atoms. The van der Waals surface area contributed by atoms with Crippen molar-refractivity contribution in [3.63, 3.8) is 0 Å². The number of nitrogens with one attached hydrogen (secondary N) is 5. The molecule has 416 valence electrons. The van der Waals surface area contributed by atoms with Crippen LogP contribution in [-0.2, 0) is 73.1 Å². The summed E-state index contributed by atoms with van der Waals surface area (Å²) in [5.74, 6) is -6.95. The summed E-state index contributed by atoms with van der Waals surface area (Å²) in [4.78, 5) is 139. The first-order chi connectivity index (χ1) is 36.3. The number of rotatable bonds is 19. The van der Waals surface area contributed by atoms with Crippen LogP contribution in [0.2, 0.25) is 0 Å². The summed E-state index contributed by atoms with van der Waals surface area (Å²) < 4.78 is 28.3. The van der Waals surface area contributed by atoms with Crippen LogP contribution in [0.3, 0.4) is 0 Å². The summed E-state index contributed by atoms with van der Waals surface area (Å²) in [5, 5.41) is 33.3. The van der Waals surface area contributed by atoms with Crippen LogP contribution >= 0.6 is 0 Å². The van der Waals surface area contributed by atoms with Gasteiger partial charge in [-0.1, -0.05) is 38.5 Å². The number of nitrogens with zero attached hydrogens (tertiary/aromatic N) is 5. The van der Waals surface area contributed by atoms with Crippen LogP contribution in [0.1, 0.15) is 76.3 Å². The van der Waals surface area contributed by atoms with Crippen molar-refractivity contribution >= 4 is 80.3 Å². The van der Waals surface area contributed by atoms with E-state index in [9.17, 15) is 61.7 Å². The Morgan fingerprint density at radius 1 is 0.789 bits per heavy atom. The smallest absolute Gasteiger partial charge is 0.558 e. The third-order valence-electron chi connectivity index (χ3n) is 15.1. The fraction of sp³-hybridized carbons (Fsp3) is 0.673. The van der Waals surface area contributed by atoms with E-state index in [-0.39, 0.29) is 70.6 Å². The molecular weight excluding hydrogens is 1010 g/mol. The number of carbonyl (C=O) groups excluding carboxylic acids is 9. The van der Waals surface area contributed by atoms with Gasteiger partial charge in [0.1, 0.15) is 30.2 Å². The number of para-hydroxylation sites is 1. The molecule has 25 nitrogen and oxygen atoms in total. The highest BCUT2D eigenvalue weighted by atomic mass is 27.3. The van der Waals surface area contributed by atoms with E-state index in [1.54, 1.807) is 6.92 Å². The fourth-order valence-corrected chi connectivity index (χ4v) is 11.2. The highest BCUT2D eigenvalue weighted by Gasteiger charge is 2.47. The van der Waals surface area contributed by atoms with Crippen molar-refractivity contribution in [3.8, 4) is 0 Å². The molecule has 0 aromatic heterocycles. The highest BCUT2D eigenvalue weighted by molar-refractivity contribution is 6.41. The number of likely N-dealkylation sites (tertiary alicyclic amines) is 1. The second kappa shape index (κ2) is 27.0. The van der Waals surface area contributed by atoms with Crippen molar-refractivity contribution in [1.82, 2.24) is 46.2 Å². The van der Waals surface area contributed by atoms with E-state index in [4.69, 9.17) is 12.3 Å². The number of aliphatic carboxylic acids is 1. The molecule has 2 bridgehead atoms. The quantitative estimate of drug-likeness (QED) is 0.0544. The Hall–Kier alpha value is -5.82. The summed E-state index contributed by atoms with van der Waals surface area (Å²) >= 11 is -3.90. The van der Waals surface area contributed by atoms with E-state index >= 15 is 0 Å². The topological polar surface area (TPSA) is 315 Å². The number of benzene rings is 1. The molecule has 6 amide bonds. The molecule has 4 fully saturated rings. The Morgan fingerprint density at radius 3 is 2.08 bits per heavy atom. The lowest BCUT2D eigenvalue weighted by Gasteiger charge is -2.35. The average Bonchev–Trinajstić information content (AvgIpc) is 3.91. The monoisotopic (exact) mass is 1080 g/mol. The number of aliphatic hydroxyl groups excluding tert-OH is 1. The van der Waals surface area contributed by atoms with Crippen LogP contribution in [0.25, 0.3) is 0 Å². The van der Waals surface area contributed by atoms with Gasteiger partial charge in [-0.3, -0.25) is 62.8 Å². The molecule has 27 heteroatoms. The Morgan fingerprint density at radius 2 is 1.45 bits per heavy atom. The Kier molecular flexibility index (Phi) is 20.5. The molecule has 7 N–H and O–H groups in total. The van der Waals surface area contributed by atoms with E-state index in [1.165, 1.54) is 4.90 Å². The highest BCUT2D eigenvalue weighted by Crippen LogP contribution is 2.39. The number of carboxylic acid groups (broad SMARTS) is 1. The van der Waals surface area contributed by atoms with Gasteiger partial charge >= 0.3 is 27.2 Å². The molecule has 6 aliphatic rings. The van der Waals surface area contributed by atoms with Gasteiger partial charge in [0.15, 0.2) is 0 Å². The maximum absolute atomic E-state index is 14.3. The Balaban J connectivity index is 0.819. The molecule has 4 unspecified atom stereocenters. The summed E-state index contributed by atoms with van der Waals surface area (Å²) in [5.41, 5.74) is 2.14. The van der Waals surface area contributed by atoms with E-state index in [2.05, 4.69) is 31.5 Å². The largest absolute Gasteiger partial charge is 1.15 e. The number of halogens is 1. The van der Waals surface area contributed by atoms with Gasteiger partial charge in [-0.25, -0.2) is 4.79 Å². The second-order valence-electron chi connectivity index (χ2n) is 20.5. The van der Waals surface area contributed by atoms with Crippen molar-refractivity contribution in [1.29, 1.82) is 0 Å². The molecule has 7 rings (SSSR count). The standard InChI is InChI=1S/C49H72N10O15.Al.FH/c1-3-29(2)43(46(69)52-33-8-7-31-5-4-6-32-23-36(59(44(31)32)47(33)70)45(68)53-35-24-42(67)74-49(35)73)54-38(61)11-14-50-37(60)10-9-34(48(71)72)51-39(62)26-55-15-12-30(13-16-55)25-56-17-19-57(27-40(63)64)21-22-58(20-18-56)28-41(65)66;;/h4-6,29-30,33-36,43,49,73H,3,7-28H2,1-2H3,(H,50,60)(H,51,62)(H,52,69)(H,53,68)(H,54,61)(H,63,64)(H,65,66)(H,71,72);;1H/q;+3;/p-3/t29-,33-,34-,35?,36-,43-,49?;;/m0../s1. The number of amides is 6. The zero-order valence-electron chi connectivity index (χ0n) is 43.0. The first kappa shape index (κ1) is 57.9. The second-order valence-corrected chi connectivity index (χ2v) is 21.5. The normalized spacial score (nSPS) is 25.8. The van der Waals surface area contributed by atoms with Gasteiger partial charge in [-0.05, 0) is 68.2 Å². The molecule has 6 heterocycles. The van der Waals surface area contributed by atoms with Gasteiger partial charge in [-0.15, -0.1) is 0 Å². The molecule has 9 atom stereocenters. The maximum Gasteiger partial charge on any atom is 1.15 e. The zero-order valence-corrected chi connectivity index (χ0v) is 44.2. The Labute approximate surface area is 444 Å². The summed E-state index contributed by atoms with van der Waals surface area (Å²) in [7, 11) is 0. The lowest BCUT2D eigenvalue weighted by atomic mass is 9.96. The van der Waals surface area contributed by atoms with Crippen LogP contribution in [0, 0.1) is 11.8 Å². The van der Waals surface area contributed by atoms with Gasteiger partial charge in [0.05, 0.1) is 31.7 Å². The van der Waals surface area contributed by atoms with Crippen molar-refractivity contribution in [3.05, 3.63) is 29.3 Å². The maximum atomic E-state index is 14.3. The predicted octanol–water partition coefficient (Wildman–Crippen LogP) is -2.80. The van der Waals surface area contributed by atoms with E-state index in [1.807, 2.05) is 39.8 Å². The molecule has 0 radical (unpaired) electrons. The third-order valence-corrected chi connectivity index (χ3v) is 16.0. The van der Waals surface area contributed by atoms with Gasteiger partial charge < -0.3 is 57.5 Å². The van der Waals surface area contributed by atoms with Crippen LogP contribution in [0.4, 0.5) is 9.21 Å². The lowest BCUT2D eigenvalue weighted by Crippen LogP contribution is -2.59. The van der Waals surface area contributed by atoms with Crippen molar-refractivity contribution < 1.29 is 74.0 Å². The van der Waals surface area contributed by atoms with Crippen molar-refractivity contribution in [2.24, 2.45) is 11.8 Å². The van der Waals surface area contributed by atoms with Gasteiger partial charge in [0.2, 0.25) is 41.7 Å². The zero-order chi connectivity index (χ0) is 54.6. The van der Waals surface area contributed by atoms with Crippen LogP contribution < -0.4 is 31.5 Å². The minimum Gasteiger partial charge on any atom is -0.558 e. The molecule has 0 aliphatic carbocycles. The molecule has 4 saturated heterocycles. The number of fused-ring (bicyclic) bond motifs is 3. The van der Waals surface area contributed by atoms with Gasteiger partial charge in [0.25, 0.3) is 11.9 Å². The molecule has 6 aliphatic heterocycles. The third kappa shape index (κ3) is 15.9. The number of carbonyl (C=O) groups is 10. The number of anilines is 1. The minimum atomic E-state index is -3.90. The van der Waals surface area contributed by atoms with Crippen LogP contribution in [0.5, 0.6) is 0 Å². The number of hydrogen-bond acceptors (Lipinski definition) is 18. The van der Waals surface area contributed by atoms with Crippen molar-refractivity contribution in [2.45, 2.75) is 115 Å². The lowest BCUT2D eigenvalue weighted by molar-refractivity contribution is -0.155. The summed E-state index contributed by atoms with van der Waals surface area (Å²) in [6.45, 7) is 8.60. The first-order valence-electron chi connectivity index (χ1n) is 26.3. The van der Waals surface area contributed by atoms with Crippen LogP contribution in [0.15, 0.2) is 18.2 Å². The van der Waals surface area contributed by atoms with E-state index in [0.29, 0.717) is 76.8 Å². The van der Waals surface area contributed by atoms with E-state index in [0.717, 1.165) is 30.5 Å². The van der Waals surface area contributed by atoms with Crippen LogP contribution in [-0.4, -0.2) is 226 Å². The Bertz CT molecular complexity index is 2310. The van der Waals surface area contributed by atoms with Crippen molar-refractivity contribution in [2.75, 3.05) is 90.0 Å². The minimum absolute atomic E-state index is 0.0340. The summed E-state index contributed by atoms with van der Waals surface area (Å²) in [6, 6.07) is -0.0185. The predicted molar refractivity (Wildman–Crippen MR) is 266 cm³/mol. The fourth-order valence-electron chi connectivity index (χ4n) is 10.6. The number of ether oxygens (including phenoxy) is 1. The molecule has 1 aromatic carbocycles. The van der Waals surface area contributed by atoms with E-state index < -0.39 is 111 Å². The number of cyclic esters (lactones) is 1. The SMILES string of the molecule is CC[C@H](C)[C@H](NC(=O)CCNC(=O)CC[C@H](NC(=O)CN1CCC(CN2CCN3CCN(CC2)CC(=O)[O][Al]([F])[O]C(=O)C3)CC1)C(=O)O)C(=O)N[C@H]1CCc2cccc3c2N(C1=O)[C@H](C(=O)NC1CC(=O)OC1O)C3. The number of aliphatic hydroxyl groups is 1. The number of piperidine rings is 1. The molecule has 1 aromatic rings. The number of carboxylic acids is 1. The summed E-state index contributed by atoms with van der Waals surface area (Å²) in [6.07, 6.45) is 0.345. The number of esters is 1. The molecule has 0 spiro atoms.